The van der Waals surface area contributed by atoms with Crippen LogP contribution in [0.25, 0.3) is 0 Å². The van der Waals surface area contributed by atoms with Crippen molar-refractivity contribution in [3.8, 4) is 0 Å². The van der Waals surface area contributed by atoms with E-state index < -0.39 is 11.6 Å². The van der Waals surface area contributed by atoms with Gasteiger partial charge in [-0.1, -0.05) is 0 Å². The number of carbonyl (C=O) groups is 2. The summed E-state index contributed by atoms with van der Waals surface area (Å²) >= 11 is 0. The number of esters is 1. The molecule has 0 radical (unpaired) electrons. The molecule has 0 aliphatic carbocycles. The van der Waals surface area contributed by atoms with E-state index in [0.29, 0.717) is 19.6 Å². The number of hydrogen-bond acceptors (Lipinski definition) is 4. The molecule has 2 aliphatic heterocycles. The molecule has 2 atom stereocenters. The zero-order valence-electron chi connectivity index (χ0n) is 12.0. The molecular weight excluding hydrogens is 246 g/mol. The second kappa shape index (κ2) is 5.49. The molecule has 2 aliphatic rings. The molecule has 0 N–H and O–H groups in total. The van der Waals surface area contributed by atoms with Crippen LogP contribution in [0.15, 0.2) is 0 Å². The third-order valence-electron chi connectivity index (χ3n) is 3.42. The number of hydrogen-bond donors (Lipinski definition) is 0. The highest BCUT2D eigenvalue weighted by atomic mass is 16.6. The van der Waals surface area contributed by atoms with Gasteiger partial charge in [-0.3, -0.25) is 4.79 Å². The van der Waals surface area contributed by atoms with Gasteiger partial charge in [-0.15, -0.1) is 0 Å². The van der Waals surface area contributed by atoms with Gasteiger partial charge >= 0.3 is 5.97 Å². The van der Waals surface area contributed by atoms with Gasteiger partial charge in [-0.2, -0.15) is 0 Å². The van der Waals surface area contributed by atoms with E-state index >= 15 is 0 Å². The SMILES string of the molecule is CC(C)(C)OC(=O)[C@@H]1CCCN1C(=O)C1CCCO1. The van der Waals surface area contributed by atoms with Crippen molar-refractivity contribution in [3.05, 3.63) is 0 Å². The molecule has 19 heavy (non-hydrogen) atoms. The highest BCUT2D eigenvalue weighted by Crippen LogP contribution is 2.24. The van der Waals surface area contributed by atoms with Crippen LogP contribution in [-0.2, 0) is 19.1 Å². The second-order valence-electron chi connectivity index (χ2n) is 6.22. The van der Waals surface area contributed by atoms with Crippen LogP contribution in [0, 0.1) is 0 Å². The first kappa shape index (κ1) is 14.3. The molecule has 0 spiro atoms. The van der Waals surface area contributed by atoms with E-state index in [2.05, 4.69) is 0 Å². The van der Waals surface area contributed by atoms with Gasteiger partial charge in [-0.25, -0.2) is 4.79 Å². The van der Waals surface area contributed by atoms with Crippen molar-refractivity contribution in [1.29, 1.82) is 0 Å². The number of likely N-dealkylation sites (tertiary alicyclic amines) is 1. The standard InChI is InChI=1S/C14H23NO4/c1-14(2,3)19-13(17)10-6-4-8-15(10)12(16)11-7-5-9-18-11/h10-11H,4-9H2,1-3H3/t10-,11?/m0/s1. The summed E-state index contributed by atoms with van der Waals surface area (Å²) in [4.78, 5) is 26.1. The van der Waals surface area contributed by atoms with Crippen LogP contribution in [-0.4, -0.2) is 47.7 Å². The monoisotopic (exact) mass is 269 g/mol. The van der Waals surface area contributed by atoms with E-state index in [1.807, 2.05) is 20.8 Å². The van der Waals surface area contributed by atoms with Gasteiger partial charge in [0.05, 0.1) is 0 Å². The van der Waals surface area contributed by atoms with Crippen LogP contribution in [0.3, 0.4) is 0 Å². The Balaban J connectivity index is 2.00. The first-order valence-corrected chi connectivity index (χ1v) is 7.03. The van der Waals surface area contributed by atoms with Gasteiger partial charge in [0.2, 0.25) is 0 Å². The largest absolute Gasteiger partial charge is 0.458 e. The molecule has 2 heterocycles. The van der Waals surface area contributed by atoms with Crippen molar-refractivity contribution in [2.24, 2.45) is 0 Å². The van der Waals surface area contributed by atoms with E-state index in [9.17, 15) is 9.59 Å². The highest BCUT2D eigenvalue weighted by Gasteiger charge is 2.40. The maximum absolute atomic E-state index is 12.3. The summed E-state index contributed by atoms with van der Waals surface area (Å²) < 4.78 is 10.8. The van der Waals surface area contributed by atoms with Crippen molar-refractivity contribution in [2.45, 2.75) is 64.2 Å². The molecule has 5 heteroatoms. The maximum Gasteiger partial charge on any atom is 0.329 e. The molecule has 0 bridgehead atoms. The van der Waals surface area contributed by atoms with Crippen molar-refractivity contribution in [2.75, 3.05) is 13.2 Å². The minimum Gasteiger partial charge on any atom is -0.458 e. The van der Waals surface area contributed by atoms with Gasteiger partial charge in [-0.05, 0) is 46.5 Å². The van der Waals surface area contributed by atoms with E-state index in [-0.39, 0.29) is 18.0 Å². The molecular formula is C14H23NO4. The Hall–Kier alpha value is -1.10. The molecule has 2 saturated heterocycles. The lowest BCUT2D eigenvalue weighted by molar-refractivity contribution is -0.165. The third-order valence-corrected chi connectivity index (χ3v) is 3.42. The summed E-state index contributed by atoms with van der Waals surface area (Å²) in [5.41, 5.74) is -0.516. The van der Waals surface area contributed by atoms with Crippen LogP contribution in [0.4, 0.5) is 0 Å². The smallest absolute Gasteiger partial charge is 0.329 e. The van der Waals surface area contributed by atoms with Gasteiger partial charge < -0.3 is 14.4 Å². The lowest BCUT2D eigenvalue weighted by Gasteiger charge is -2.28. The fourth-order valence-electron chi connectivity index (χ4n) is 2.60. The normalized spacial score (nSPS) is 27.6. The highest BCUT2D eigenvalue weighted by molar-refractivity contribution is 5.87. The summed E-state index contributed by atoms with van der Waals surface area (Å²) in [5, 5.41) is 0. The summed E-state index contributed by atoms with van der Waals surface area (Å²) in [7, 11) is 0. The molecule has 2 fully saturated rings. The molecule has 0 aromatic heterocycles. The first-order chi connectivity index (χ1) is 8.88. The lowest BCUT2D eigenvalue weighted by Crippen LogP contribution is -2.47. The number of amides is 1. The van der Waals surface area contributed by atoms with Gasteiger partial charge in [0.25, 0.3) is 5.91 Å². The third kappa shape index (κ3) is 3.47. The fraction of sp³-hybridized carbons (Fsp3) is 0.857. The molecule has 1 amide bonds. The molecule has 108 valence electrons. The summed E-state index contributed by atoms with van der Waals surface area (Å²) in [6.07, 6.45) is 2.86. The Morgan fingerprint density at radius 3 is 2.53 bits per heavy atom. The zero-order chi connectivity index (χ0) is 14.0. The minimum absolute atomic E-state index is 0.0501. The predicted octanol–water partition coefficient (Wildman–Crippen LogP) is 1.50. The molecule has 2 rings (SSSR count). The molecule has 0 aromatic rings. The maximum atomic E-state index is 12.3. The van der Waals surface area contributed by atoms with Gasteiger partial charge in [0.1, 0.15) is 17.7 Å². The number of carbonyl (C=O) groups excluding carboxylic acids is 2. The summed E-state index contributed by atoms with van der Waals surface area (Å²) in [6, 6.07) is -0.434. The van der Waals surface area contributed by atoms with E-state index in [1.54, 1.807) is 4.90 Å². The molecule has 5 nitrogen and oxygen atoms in total. The Morgan fingerprint density at radius 1 is 1.21 bits per heavy atom. The number of rotatable bonds is 2. The lowest BCUT2D eigenvalue weighted by atomic mass is 10.1. The Kier molecular flexibility index (Phi) is 4.13. The Labute approximate surface area is 114 Å². The van der Waals surface area contributed by atoms with Crippen LogP contribution >= 0.6 is 0 Å². The minimum atomic E-state index is -0.516. The fourth-order valence-corrected chi connectivity index (χ4v) is 2.60. The van der Waals surface area contributed by atoms with Crippen LogP contribution in [0.2, 0.25) is 0 Å². The average Bonchev–Trinajstić information content (AvgIpc) is 2.97. The van der Waals surface area contributed by atoms with Crippen LogP contribution in [0.1, 0.15) is 46.5 Å². The quantitative estimate of drug-likeness (QED) is 0.713. The first-order valence-electron chi connectivity index (χ1n) is 7.03. The van der Waals surface area contributed by atoms with E-state index in [1.165, 1.54) is 0 Å². The molecule has 0 saturated carbocycles. The van der Waals surface area contributed by atoms with E-state index in [4.69, 9.17) is 9.47 Å². The molecule has 0 aromatic carbocycles. The summed E-state index contributed by atoms with van der Waals surface area (Å²) in [5.74, 6) is -0.345. The number of nitrogens with zero attached hydrogens (tertiary/aromatic N) is 1. The van der Waals surface area contributed by atoms with Crippen LogP contribution in [0.5, 0.6) is 0 Å². The Morgan fingerprint density at radius 2 is 1.95 bits per heavy atom. The van der Waals surface area contributed by atoms with Crippen molar-refractivity contribution >= 4 is 11.9 Å². The number of ether oxygens (including phenoxy) is 2. The van der Waals surface area contributed by atoms with Gasteiger partial charge in [0, 0.05) is 13.2 Å². The van der Waals surface area contributed by atoms with E-state index in [0.717, 1.165) is 19.3 Å². The molecule has 1 unspecified atom stereocenters. The Bertz CT molecular complexity index is 355. The summed E-state index contributed by atoms with van der Waals surface area (Å²) in [6.45, 7) is 6.79. The van der Waals surface area contributed by atoms with Crippen molar-refractivity contribution < 1.29 is 19.1 Å². The average molecular weight is 269 g/mol. The zero-order valence-corrected chi connectivity index (χ0v) is 12.0. The topological polar surface area (TPSA) is 55.8 Å². The second-order valence-corrected chi connectivity index (χ2v) is 6.22. The van der Waals surface area contributed by atoms with Crippen molar-refractivity contribution in [3.63, 3.8) is 0 Å². The van der Waals surface area contributed by atoms with Crippen LogP contribution < -0.4 is 0 Å². The predicted molar refractivity (Wildman–Crippen MR) is 69.6 cm³/mol. The van der Waals surface area contributed by atoms with Gasteiger partial charge in [0.15, 0.2) is 0 Å². The van der Waals surface area contributed by atoms with Crippen molar-refractivity contribution in [1.82, 2.24) is 4.90 Å².